The molecule has 0 fully saturated rings. The average molecular weight is 498 g/mol. The van der Waals surface area contributed by atoms with Gasteiger partial charge in [-0.15, -0.1) is 0 Å². The SMILES string of the molecule is COC(=O)C(Cc1ccc(OCc2cnn(-c3ccccc3)c2C)cc1)/C(C)=N/OCc1ccccc1. The van der Waals surface area contributed by atoms with E-state index in [1.807, 2.05) is 103 Å². The molecule has 0 amide bonds. The molecule has 4 aromatic rings. The second-order valence-corrected chi connectivity index (χ2v) is 8.71. The Labute approximate surface area is 217 Å². The van der Waals surface area contributed by atoms with Crippen LogP contribution in [0, 0.1) is 12.8 Å². The Hall–Kier alpha value is -4.39. The first-order chi connectivity index (χ1) is 18.0. The predicted octanol–water partition coefficient (Wildman–Crippen LogP) is 5.68. The third-order valence-electron chi connectivity index (χ3n) is 6.14. The van der Waals surface area contributed by atoms with Crippen LogP contribution in [0.3, 0.4) is 0 Å². The number of nitrogens with zero attached hydrogens (tertiary/aromatic N) is 3. The van der Waals surface area contributed by atoms with Crippen molar-refractivity contribution in [2.45, 2.75) is 33.5 Å². The summed E-state index contributed by atoms with van der Waals surface area (Å²) in [5.74, 6) is -0.156. The molecule has 0 aliphatic heterocycles. The van der Waals surface area contributed by atoms with E-state index in [-0.39, 0.29) is 5.97 Å². The Morgan fingerprint density at radius 3 is 2.27 bits per heavy atom. The number of carbonyl (C=O) groups excluding carboxylic acids is 1. The Morgan fingerprint density at radius 2 is 1.59 bits per heavy atom. The van der Waals surface area contributed by atoms with E-state index in [0.717, 1.165) is 33.8 Å². The quantitative estimate of drug-likeness (QED) is 0.151. The zero-order valence-electron chi connectivity index (χ0n) is 21.3. The van der Waals surface area contributed by atoms with Gasteiger partial charge in [0.15, 0.2) is 0 Å². The van der Waals surface area contributed by atoms with E-state index < -0.39 is 5.92 Å². The number of ether oxygens (including phenoxy) is 2. The fraction of sp³-hybridized carbons (Fsp3) is 0.233. The number of methoxy groups -OCH3 is 1. The van der Waals surface area contributed by atoms with Crippen molar-refractivity contribution in [3.63, 3.8) is 0 Å². The lowest BCUT2D eigenvalue weighted by molar-refractivity contribution is -0.143. The number of carbonyl (C=O) groups is 1. The van der Waals surface area contributed by atoms with Crippen molar-refractivity contribution in [2.75, 3.05) is 7.11 Å². The number of rotatable bonds is 11. The van der Waals surface area contributed by atoms with Crippen LogP contribution in [0.25, 0.3) is 5.69 Å². The summed E-state index contributed by atoms with van der Waals surface area (Å²) in [5, 5.41) is 8.68. The number of hydrogen-bond acceptors (Lipinski definition) is 6. The van der Waals surface area contributed by atoms with Crippen molar-refractivity contribution in [1.29, 1.82) is 0 Å². The smallest absolute Gasteiger partial charge is 0.314 e. The minimum atomic E-state index is -0.543. The second-order valence-electron chi connectivity index (χ2n) is 8.71. The molecule has 0 bridgehead atoms. The third-order valence-corrected chi connectivity index (χ3v) is 6.14. The highest BCUT2D eigenvalue weighted by molar-refractivity contribution is 6.00. The molecule has 7 heteroatoms. The van der Waals surface area contributed by atoms with Crippen LogP contribution in [0.5, 0.6) is 5.75 Å². The molecule has 7 nitrogen and oxygen atoms in total. The third kappa shape index (κ3) is 6.85. The topological polar surface area (TPSA) is 74.9 Å². The highest BCUT2D eigenvalue weighted by Crippen LogP contribution is 2.20. The summed E-state index contributed by atoms with van der Waals surface area (Å²) in [6.45, 7) is 4.55. The number of benzene rings is 3. The lowest BCUT2D eigenvalue weighted by Gasteiger charge is -2.15. The molecule has 1 heterocycles. The summed E-state index contributed by atoms with van der Waals surface area (Å²) in [4.78, 5) is 17.9. The van der Waals surface area contributed by atoms with E-state index >= 15 is 0 Å². The van der Waals surface area contributed by atoms with Crippen molar-refractivity contribution in [3.05, 3.63) is 114 Å². The predicted molar refractivity (Wildman–Crippen MR) is 143 cm³/mol. The van der Waals surface area contributed by atoms with Gasteiger partial charge in [-0.2, -0.15) is 5.10 Å². The van der Waals surface area contributed by atoms with Gasteiger partial charge in [0.1, 0.15) is 24.9 Å². The van der Waals surface area contributed by atoms with Gasteiger partial charge in [0, 0.05) is 11.3 Å². The molecule has 37 heavy (non-hydrogen) atoms. The number of aromatic nitrogens is 2. The van der Waals surface area contributed by atoms with E-state index in [2.05, 4.69) is 10.3 Å². The molecular formula is C30H31N3O4. The largest absolute Gasteiger partial charge is 0.489 e. The first-order valence-electron chi connectivity index (χ1n) is 12.1. The van der Waals surface area contributed by atoms with E-state index in [9.17, 15) is 4.79 Å². The summed E-state index contributed by atoms with van der Waals surface area (Å²) < 4.78 is 12.9. The summed E-state index contributed by atoms with van der Waals surface area (Å²) in [6, 6.07) is 27.5. The Balaban J connectivity index is 1.35. The van der Waals surface area contributed by atoms with E-state index in [0.29, 0.717) is 25.3 Å². The van der Waals surface area contributed by atoms with Crippen molar-refractivity contribution >= 4 is 11.7 Å². The summed E-state index contributed by atoms with van der Waals surface area (Å²) in [7, 11) is 1.38. The molecule has 3 aromatic carbocycles. The molecule has 1 atom stereocenters. The Morgan fingerprint density at radius 1 is 0.919 bits per heavy atom. The molecular weight excluding hydrogens is 466 g/mol. The van der Waals surface area contributed by atoms with Crippen LogP contribution in [0.2, 0.25) is 0 Å². The second kappa shape index (κ2) is 12.5. The molecule has 0 aliphatic carbocycles. The van der Waals surface area contributed by atoms with Crippen LogP contribution in [0.4, 0.5) is 0 Å². The van der Waals surface area contributed by atoms with Crippen molar-refractivity contribution in [3.8, 4) is 11.4 Å². The molecule has 1 unspecified atom stereocenters. The fourth-order valence-electron chi connectivity index (χ4n) is 3.92. The van der Waals surface area contributed by atoms with Gasteiger partial charge in [0.25, 0.3) is 0 Å². The first-order valence-corrected chi connectivity index (χ1v) is 12.1. The summed E-state index contributed by atoms with van der Waals surface area (Å²) >= 11 is 0. The zero-order chi connectivity index (χ0) is 26.0. The van der Waals surface area contributed by atoms with Gasteiger partial charge in [-0.3, -0.25) is 4.79 Å². The normalized spacial score (nSPS) is 12.1. The zero-order valence-corrected chi connectivity index (χ0v) is 21.3. The van der Waals surface area contributed by atoms with Crippen molar-refractivity contribution in [1.82, 2.24) is 9.78 Å². The van der Waals surface area contributed by atoms with Gasteiger partial charge in [0.05, 0.1) is 24.7 Å². The Bertz CT molecular complexity index is 1320. The van der Waals surface area contributed by atoms with Crippen LogP contribution in [0.1, 0.15) is 29.3 Å². The number of oxime groups is 1. The first kappa shape index (κ1) is 25.7. The molecule has 0 N–H and O–H groups in total. The van der Waals surface area contributed by atoms with E-state index in [1.165, 1.54) is 7.11 Å². The molecule has 0 saturated heterocycles. The van der Waals surface area contributed by atoms with Crippen LogP contribution in [-0.2, 0) is 34.0 Å². The maximum atomic E-state index is 12.5. The van der Waals surface area contributed by atoms with Gasteiger partial charge >= 0.3 is 5.97 Å². The molecule has 190 valence electrons. The van der Waals surface area contributed by atoms with Crippen LogP contribution >= 0.6 is 0 Å². The number of para-hydroxylation sites is 1. The fourth-order valence-corrected chi connectivity index (χ4v) is 3.92. The minimum Gasteiger partial charge on any atom is -0.489 e. The molecule has 0 aliphatic rings. The number of esters is 1. The maximum absolute atomic E-state index is 12.5. The Kier molecular flexibility index (Phi) is 8.70. The molecule has 4 rings (SSSR count). The van der Waals surface area contributed by atoms with Crippen LogP contribution in [0.15, 0.2) is 96.3 Å². The van der Waals surface area contributed by atoms with Crippen LogP contribution in [-0.4, -0.2) is 28.6 Å². The summed E-state index contributed by atoms with van der Waals surface area (Å²) in [5.41, 5.74) is 5.60. The monoisotopic (exact) mass is 497 g/mol. The standard InChI is InChI=1S/C30H31N3O4/c1-22(32-37-20-25-10-6-4-7-11-25)29(30(34)35-3)18-24-14-16-28(17-15-24)36-21-26-19-31-33(23(26)2)27-12-8-5-9-13-27/h4-17,19,29H,18,20-21H2,1-3H3/b32-22+. The van der Waals surface area contributed by atoms with Gasteiger partial charge < -0.3 is 14.3 Å². The maximum Gasteiger partial charge on any atom is 0.314 e. The minimum absolute atomic E-state index is 0.335. The van der Waals surface area contributed by atoms with Gasteiger partial charge in [-0.1, -0.05) is 65.8 Å². The molecule has 0 radical (unpaired) electrons. The molecule has 0 spiro atoms. The summed E-state index contributed by atoms with van der Waals surface area (Å²) in [6.07, 6.45) is 2.28. The van der Waals surface area contributed by atoms with Gasteiger partial charge in [0.2, 0.25) is 0 Å². The molecule has 0 saturated carbocycles. The van der Waals surface area contributed by atoms with Crippen molar-refractivity contribution in [2.24, 2.45) is 11.1 Å². The highest BCUT2D eigenvalue weighted by Gasteiger charge is 2.24. The molecule has 1 aromatic heterocycles. The lowest BCUT2D eigenvalue weighted by Crippen LogP contribution is -2.26. The van der Waals surface area contributed by atoms with Gasteiger partial charge in [-0.25, -0.2) is 4.68 Å². The highest BCUT2D eigenvalue weighted by atomic mass is 16.6. The van der Waals surface area contributed by atoms with Crippen LogP contribution < -0.4 is 4.74 Å². The van der Waals surface area contributed by atoms with Gasteiger partial charge in [-0.05, 0) is 55.7 Å². The van der Waals surface area contributed by atoms with E-state index in [1.54, 1.807) is 6.92 Å². The van der Waals surface area contributed by atoms with Crippen molar-refractivity contribution < 1.29 is 19.1 Å². The average Bonchev–Trinajstić information content (AvgIpc) is 3.31. The lowest BCUT2D eigenvalue weighted by atomic mass is 9.95. The number of hydrogen-bond donors (Lipinski definition) is 0. The van der Waals surface area contributed by atoms with E-state index in [4.69, 9.17) is 14.3 Å².